The topological polar surface area (TPSA) is 3.24 Å². The smallest absolute Gasteiger partial charge is 0.103 e. The molecule has 1 nitrogen and oxygen atoms in total. The summed E-state index contributed by atoms with van der Waals surface area (Å²) in [6, 6.07) is 17.1. The van der Waals surface area contributed by atoms with E-state index < -0.39 is 0 Å². The molecule has 0 N–H and O–H groups in total. The van der Waals surface area contributed by atoms with Crippen molar-refractivity contribution in [2.24, 2.45) is 0 Å². The summed E-state index contributed by atoms with van der Waals surface area (Å²) >= 11 is 1.76. The molecule has 0 saturated heterocycles. The van der Waals surface area contributed by atoms with Crippen LogP contribution in [0.1, 0.15) is 22.3 Å². The Morgan fingerprint density at radius 2 is 1.50 bits per heavy atom. The SMILES string of the molecule is CS/C(=C\c1ccc(C)cc1)C(C#Cc1ccc(C)cc1)N(C)C. The third-order valence-corrected chi connectivity index (χ3v) is 4.63. The van der Waals surface area contributed by atoms with Crippen molar-refractivity contribution in [3.63, 3.8) is 0 Å². The van der Waals surface area contributed by atoms with Gasteiger partial charge < -0.3 is 0 Å². The summed E-state index contributed by atoms with van der Waals surface area (Å²) in [5, 5.41) is 0. The average Bonchev–Trinajstić information content (AvgIpc) is 2.57. The van der Waals surface area contributed by atoms with E-state index in [4.69, 9.17) is 0 Å². The summed E-state index contributed by atoms with van der Waals surface area (Å²) in [5.74, 6) is 6.74. The van der Waals surface area contributed by atoms with Crippen LogP contribution in [0.3, 0.4) is 0 Å². The molecular formula is C22H25NS. The first-order chi connectivity index (χ1) is 11.5. The van der Waals surface area contributed by atoms with E-state index in [-0.39, 0.29) is 6.04 Å². The zero-order valence-electron chi connectivity index (χ0n) is 15.1. The molecule has 0 bridgehead atoms. The largest absolute Gasteiger partial charge is 0.292 e. The van der Waals surface area contributed by atoms with Gasteiger partial charge in [-0.15, -0.1) is 11.8 Å². The fourth-order valence-electron chi connectivity index (χ4n) is 2.32. The molecule has 0 saturated carbocycles. The Labute approximate surface area is 150 Å². The predicted octanol–water partition coefficient (Wildman–Crippen LogP) is 4.99. The van der Waals surface area contributed by atoms with Gasteiger partial charge in [0, 0.05) is 10.5 Å². The number of nitrogens with zero attached hydrogens (tertiary/aromatic N) is 1. The summed E-state index contributed by atoms with van der Waals surface area (Å²) in [7, 11) is 4.15. The molecule has 0 amide bonds. The fourth-order valence-corrected chi connectivity index (χ4v) is 3.07. The molecule has 0 aliphatic heterocycles. The van der Waals surface area contributed by atoms with Crippen LogP contribution in [-0.2, 0) is 0 Å². The maximum Gasteiger partial charge on any atom is 0.103 e. The minimum absolute atomic E-state index is 0.0857. The highest BCUT2D eigenvalue weighted by atomic mass is 32.2. The lowest BCUT2D eigenvalue weighted by Crippen LogP contribution is -2.27. The third-order valence-electron chi connectivity index (χ3n) is 3.81. The van der Waals surface area contributed by atoms with Gasteiger partial charge in [-0.2, -0.15) is 0 Å². The van der Waals surface area contributed by atoms with Gasteiger partial charge >= 0.3 is 0 Å². The summed E-state index contributed by atoms with van der Waals surface area (Å²) in [5.41, 5.74) is 4.81. The molecule has 1 atom stereocenters. The first kappa shape index (κ1) is 18.4. The van der Waals surface area contributed by atoms with E-state index in [1.807, 2.05) is 0 Å². The zero-order valence-corrected chi connectivity index (χ0v) is 15.9. The van der Waals surface area contributed by atoms with Crippen molar-refractivity contribution in [2.45, 2.75) is 19.9 Å². The van der Waals surface area contributed by atoms with Gasteiger partial charge in [-0.05, 0) is 58.0 Å². The van der Waals surface area contributed by atoms with Crippen molar-refractivity contribution in [3.8, 4) is 11.8 Å². The van der Waals surface area contributed by atoms with Crippen LogP contribution in [0.15, 0.2) is 53.4 Å². The van der Waals surface area contributed by atoms with Crippen molar-refractivity contribution >= 4 is 17.8 Å². The minimum Gasteiger partial charge on any atom is -0.292 e. The molecule has 2 aromatic carbocycles. The van der Waals surface area contributed by atoms with Crippen LogP contribution in [0.25, 0.3) is 6.08 Å². The lowest BCUT2D eigenvalue weighted by Gasteiger charge is -2.21. The zero-order chi connectivity index (χ0) is 17.5. The number of benzene rings is 2. The number of aryl methyl sites for hydroxylation is 2. The van der Waals surface area contributed by atoms with Crippen molar-refractivity contribution in [1.82, 2.24) is 4.90 Å². The van der Waals surface area contributed by atoms with Gasteiger partial charge in [0.1, 0.15) is 6.04 Å². The fraction of sp³-hybridized carbons (Fsp3) is 0.273. The summed E-state index contributed by atoms with van der Waals surface area (Å²) in [4.78, 5) is 3.42. The molecule has 2 aromatic rings. The molecule has 0 radical (unpaired) electrons. The molecule has 0 aliphatic carbocycles. The molecule has 0 spiro atoms. The Morgan fingerprint density at radius 3 is 2.00 bits per heavy atom. The monoisotopic (exact) mass is 335 g/mol. The van der Waals surface area contributed by atoms with Crippen LogP contribution in [0, 0.1) is 25.7 Å². The maximum atomic E-state index is 3.42. The van der Waals surface area contributed by atoms with Gasteiger partial charge in [-0.25, -0.2) is 0 Å². The Morgan fingerprint density at radius 1 is 0.958 bits per heavy atom. The lowest BCUT2D eigenvalue weighted by atomic mass is 10.1. The van der Waals surface area contributed by atoms with Gasteiger partial charge in [-0.3, -0.25) is 4.90 Å². The second kappa shape index (κ2) is 8.78. The number of hydrogen-bond donors (Lipinski definition) is 0. The van der Waals surface area contributed by atoms with E-state index in [9.17, 15) is 0 Å². The Balaban J connectivity index is 2.30. The predicted molar refractivity (Wildman–Crippen MR) is 108 cm³/mol. The molecular weight excluding hydrogens is 310 g/mol. The van der Waals surface area contributed by atoms with Crippen LogP contribution >= 0.6 is 11.8 Å². The molecule has 1 unspecified atom stereocenters. The van der Waals surface area contributed by atoms with E-state index in [0.29, 0.717) is 0 Å². The van der Waals surface area contributed by atoms with Crippen LogP contribution in [0.4, 0.5) is 0 Å². The normalized spacial score (nSPS) is 12.7. The highest BCUT2D eigenvalue weighted by molar-refractivity contribution is 8.02. The van der Waals surface area contributed by atoms with Gasteiger partial charge in [0.25, 0.3) is 0 Å². The minimum atomic E-state index is 0.0857. The molecule has 2 rings (SSSR count). The average molecular weight is 336 g/mol. The van der Waals surface area contributed by atoms with Crippen molar-refractivity contribution in [2.75, 3.05) is 20.4 Å². The Kier molecular flexibility index (Phi) is 6.73. The van der Waals surface area contributed by atoms with E-state index >= 15 is 0 Å². The second-order valence-corrected chi connectivity index (χ2v) is 7.04. The molecule has 2 heteroatoms. The van der Waals surface area contributed by atoms with Gasteiger partial charge in [0.15, 0.2) is 0 Å². The van der Waals surface area contributed by atoms with E-state index in [1.54, 1.807) is 11.8 Å². The quantitative estimate of drug-likeness (QED) is 0.724. The molecule has 0 heterocycles. The number of likely N-dealkylation sites (N-methyl/N-ethyl adjacent to an activating group) is 1. The highest BCUT2D eigenvalue weighted by Crippen LogP contribution is 2.23. The molecule has 0 aromatic heterocycles. The van der Waals surface area contributed by atoms with Gasteiger partial charge in [0.2, 0.25) is 0 Å². The third kappa shape index (κ3) is 5.30. The summed E-state index contributed by atoms with van der Waals surface area (Å²) < 4.78 is 0. The number of hydrogen-bond acceptors (Lipinski definition) is 2. The van der Waals surface area contributed by atoms with E-state index in [2.05, 4.69) is 106 Å². The van der Waals surface area contributed by atoms with E-state index in [0.717, 1.165) is 5.56 Å². The first-order valence-corrected chi connectivity index (χ1v) is 9.29. The Bertz CT molecular complexity index is 743. The van der Waals surface area contributed by atoms with Crippen LogP contribution in [-0.4, -0.2) is 31.3 Å². The number of rotatable bonds is 4. The van der Waals surface area contributed by atoms with Crippen LogP contribution < -0.4 is 0 Å². The standard InChI is InChI=1S/C22H25NS/c1-17-6-10-19(11-7-17)14-15-21(23(3)4)22(24-5)16-20-12-8-18(2)9-13-20/h6-13,16,21H,1-5H3/b22-16-. The van der Waals surface area contributed by atoms with Gasteiger partial charge in [0.05, 0.1) is 0 Å². The first-order valence-electron chi connectivity index (χ1n) is 8.06. The van der Waals surface area contributed by atoms with Crippen molar-refractivity contribution in [1.29, 1.82) is 0 Å². The van der Waals surface area contributed by atoms with Gasteiger partial charge in [-0.1, -0.05) is 59.4 Å². The molecule has 0 aliphatic rings. The Hall–Kier alpha value is -1.95. The summed E-state index contributed by atoms with van der Waals surface area (Å²) in [6.07, 6.45) is 4.35. The second-order valence-electron chi connectivity index (χ2n) is 6.16. The highest BCUT2D eigenvalue weighted by Gasteiger charge is 2.13. The molecule has 0 fully saturated rings. The van der Waals surface area contributed by atoms with E-state index in [1.165, 1.54) is 21.6 Å². The van der Waals surface area contributed by atoms with Crippen molar-refractivity contribution < 1.29 is 0 Å². The summed E-state index contributed by atoms with van der Waals surface area (Å²) in [6.45, 7) is 4.20. The molecule has 24 heavy (non-hydrogen) atoms. The molecule has 124 valence electrons. The van der Waals surface area contributed by atoms with Crippen molar-refractivity contribution in [3.05, 3.63) is 75.7 Å². The van der Waals surface area contributed by atoms with Crippen LogP contribution in [0.5, 0.6) is 0 Å². The van der Waals surface area contributed by atoms with Crippen LogP contribution in [0.2, 0.25) is 0 Å². The maximum absolute atomic E-state index is 3.42. The number of thioether (sulfide) groups is 1. The lowest BCUT2D eigenvalue weighted by molar-refractivity contribution is 0.398.